The standard InChI is InChI=1S/C34H22N4/c35-19-21-12-14-33-25(16-21)26-17-22(20-36)13-15-34(26)38(33)32-11-5-10-31(27-18-28(27)32)37-29-8-3-1-6-23(29)24-7-2-4-9-30(24)37/h1-12,14,16-18,27,32H,13,15H2. The van der Waals surface area contributed by atoms with E-state index in [1.165, 1.54) is 38.8 Å². The molecule has 0 saturated carbocycles. The maximum atomic E-state index is 9.59. The zero-order valence-electron chi connectivity index (χ0n) is 20.6. The third-order valence-electron chi connectivity index (χ3n) is 8.32. The van der Waals surface area contributed by atoms with Crippen molar-refractivity contribution in [2.75, 3.05) is 0 Å². The largest absolute Gasteiger partial charge is 0.333 e. The summed E-state index contributed by atoms with van der Waals surface area (Å²) < 4.78 is 4.87. The Bertz CT molecular complexity index is 2010. The molecule has 2 aromatic heterocycles. The summed E-state index contributed by atoms with van der Waals surface area (Å²) in [5.41, 5.74) is 10.0. The summed E-state index contributed by atoms with van der Waals surface area (Å²) in [6.07, 6.45) is 12.8. The highest BCUT2D eigenvalue weighted by atomic mass is 15.1. The molecule has 0 radical (unpaired) electrons. The van der Waals surface area contributed by atoms with Crippen molar-refractivity contribution in [2.45, 2.75) is 18.9 Å². The van der Waals surface area contributed by atoms with Crippen LogP contribution in [-0.2, 0) is 6.42 Å². The van der Waals surface area contributed by atoms with Gasteiger partial charge in [0, 0.05) is 50.1 Å². The molecule has 38 heavy (non-hydrogen) atoms. The van der Waals surface area contributed by atoms with Gasteiger partial charge in [-0.3, -0.25) is 0 Å². The maximum absolute atomic E-state index is 9.59. The molecule has 2 atom stereocenters. The number of benzene rings is 3. The fourth-order valence-electron chi connectivity index (χ4n) is 6.59. The molecule has 4 nitrogen and oxygen atoms in total. The zero-order chi connectivity index (χ0) is 25.4. The summed E-state index contributed by atoms with van der Waals surface area (Å²) >= 11 is 0. The molecule has 2 heterocycles. The number of rotatable bonds is 2. The number of nitriles is 2. The monoisotopic (exact) mass is 486 g/mol. The number of aromatic nitrogens is 2. The highest BCUT2D eigenvalue weighted by molar-refractivity contribution is 6.10. The Hall–Kier alpha value is -5.06. The van der Waals surface area contributed by atoms with Crippen molar-refractivity contribution < 1.29 is 0 Å². The van der Waals surface area contributed by atoms with Crippen molar-refractivity contribution in [3.8, 4) is 12.1 Å². The summed E-state index contributed by atoms with van der Waals surface area (Å²) in [6.45, 7) is 0. The highest BCUT2D eigenvalue weighted by Gasteiger charge is 2.39. The molecule has 0 bridgehead atoms. The van der Waals surface area contributed by atoms with Gasteiger partial charge in [-0.05, 0) is 60.9 Å². The molecule has 0 saturated heterocycles. The van der Waals surface area contributed by atoms with Crippen molar-refractivity contribution in [2.24, 2.45) is 5.92 Å². The molecule has 3 aromatic carbocycles. The van der Waals surface area contributed by atoms with Crippen molar-refractivity contribution >= 4 is 44.5 Å². The lowest BCUT2D eigenvalue weighted by molar-refractivity contribution is 0.668. The molecule has 0 amide bonds. The minimum Gasteiger partial charge on any atom is -0.333 e. The first-order valence-corrected chi connectivity index (χ1v) is 13.0. The second kappa shape index (κ2) is 7.72. The van der Waals surface area contributed by atoms with Crippen LogP contribution in [0.2, 0.25) is 0 Å². The molecule has 0 aliphatic heterocycles. The van der Waals surface area contributed by atoms with E-state index in [1.807, 2.05) is 18.2 Å². The van der Waals surface area contributed by atoms with Gasteiger partial charge in [0.1, 0.15) is 0 Å². The van der Waals surface area contributed by atoms with Crippen LogP contribution in [-0.4, -0.2) is 9.13 Å². The van der Waals surface area contributed by atoms with Gasteiger partial charge in [0.2, 0.25) is 0 Å². The Balaban J connectivity index is 1.27. The topological polar surface area (TPSA) is 57.4 Å². The Kier molecular flexibility index (Phi) is 4.28. The van der Waals surface area contributed by atoms with E-state index in [2.05, 4.69) is 100 Å². The van der Waals surface area contributed by atoms with Crippen LogP contribution < -0.4 is 0 Å². The Morgan fingerprint density at radius 1 is 0.789 bits per heavy atom. The van der Waals surface area contributed by atoms with E-state index < -0.39 is 0 Å². The fraction of sp³-hybridized carbons (Fsp3) is 0.118. The van der Waals surface area contributed by atoms with E-state index in [1.54, 1.807) is 0 Å². The van der Waals surface area contributed by atoms with Crippen molar-refractivity contribution in [1.29, 1.82) is 10.5 Å². The van der Waals surface area contributed by atoms with Crippen LogP contribution in [0.4, 0.5) is 0 Å². The summed E-state index contributed by atoms with van der Waals surface area (Å²) in [6, 6.07) is 28.0. The molecule has 3 aliphatic rings. The van der Waals surface area contributed by atoms with E-state index in [0.717, 1.165) is 34.9 Å². The van der Waals surface area contributed by atoms with Crippen molar-refractivity contribution in [3.05, 3.63) is 119 Å². The van der Waals surface area contributed by atoms with Crippen molar-refractivity contribution in [3.63, 3.8) is 0 Å². The lowest BCUT2D eigenvalue weighted by Gasteiger charge is -2.21. The fourth-order valence-corrected chi connectivity index (χ4v) is 6.59. The molecule has 8 rings (SSSR count). The van der Waals surface area contributed by atoms with E-state index in [4.69, 9.17) is 0 Å². The Morgan fingerprint density at radius 3 is 2.29 bits per heavy atom. The molecule has 0 spiro atoms. The van der Waals surface area contributed by atoms with E-state index in [-0.39, 0.29) is 12.0 Å². The third-order valence-corrected chi connectivity index (χ3v) is 8.32. The van der Waals surface area contributed by atoms with Crippen LogP contribution in [0.3, 0.4) is 0 Å². The Labute approximate surface area is 219 Å². The first-order valence-electron chi connectivity index (χ1n) is 13.0. The minimum absolute atomic E-state index is 0.0954. The molecule has 0 fully saturated rings. The number of hydrogen-bond donors (Lipinski definition) is 0. The van der Waals surface area contributed by atoms with Gasteiger partial charge in [0.05, 0.1) is 34.8 Å². The number of fused-ring (bicyclic) bond motifs is 7. The smallest absolute Gasteiger partial charge is 0.0991 e. The molecular weight excluding hydrogens is 464 g/mol. The number of allylic oxidation sites excluding steroid dienone is 7. The molecular formula is C34H22N4. The maximum Gasteiger partial charge on any atom is 0.0991 e. The van der Waals surface area contributed by atoms with Gasteiger partial charge in [-0.1, -0.05) is 54.6 Å². The van der Waals surface area contributed by atoms with E-state index in [0.29, 0.717) is 5.56 Å². The predicted octanol–water partition coefficient (Wildman–Crippen LogP) is 7.68. The molecule has 4 heteroatoms. The summed E-state index contributed by atoms with van der Waals surface area (Å²) in [5, 5.41) is 22.8. The van der Waals surface area contributed by atoms with E-state index >= 15 is 0 Å². The predicted molar refractivity (Wildman–Crippen MR) is 152 cm³/mol. The average Bonchev–Trinajstić information content (AvgIpc) is 3.64. The lowest BCUT2D eigenvalue weighted by atomic mass is 9.96. The van der Waals surface area contributed by atoms with Gasteiger partial charge in [0.25, 0.3) is 0 Å². The van der Waals surface area contributed by atoms with Crippen LogP contribution in [0.25, 0.3) is 44.5 Å². The molecule has 3 aliphatic carbocycles. The molecule has 178 valence electrons. The number of nitrogens with zero attached hydrogens (tertiary/aromatic N) is 4. The second-order valence-corrected chi connectivity index (χ2v) is 10.3. The van der Waals surface area contributed by atoms with Gasteiger partial charge in [-0.2, -0.15) is 10.5 Å². The van der Waals surface area contributed by atoms with Crippen LogP contribution in [0.5, 0.6) is 0 Å². The zero-order valence-corrected chi connectivity index (χ0v) is 20.6. The van der Waals surface area contributed by atoms with Gasteiger partial charge in [0.15, 0.2) is 0 Å². The highest BCUT2D eigenvalue weighted by Crippen LogP contribution is 2.51. The van der Waals surface area contributed by atoms with Crippen molar-refractivity contribution in [1.82, 2.24) is 9.13 Å². The lowest BCUT2D eigenvalue weighted by Crippen LogP contribution is -2.13. The number of para-hydroxylation sites is 2. The summed E-state index contributed by atoms with van der Waals surface area (Å²) in [4.78, 5) is 0. The third kappa shape index (κ3) is 2.83. The molecule has 0 N–H and O–H groups in total. The van der Waals surface area contributed by atoms with Gasteiger partial charge < -0.3 is 9.13 Å². The minimum atomic E-state index is 0.0954. The van der Waals surface area contributed by atoms with Crippen LogP contribution >= 0.6 is 0 Å². The molecule has 5 aromatic rings. The first kappa shape index (κ1) is 21.1. The van der Waals surface area contributed by atoms with Crippen LogP contribution in [0.1, 0.15) is 29.3 Å². The van der Waals surface area contributed by atoms with E-state index in [9.17, 15) is 10.5 Å². The SMILES string of the molecule is N#CC1=Cc2c(n(C3C=CC=C(n4c5ccccc5c5ccccc54)C4C=C43)c3ccc(C#N)cc23)CC1. The van der Waals surface area contributed by atoms with Crippen LogP contribution in [0, 0.1) is 28.6 Å². The normalized spacial score (nSPS) is 19.7. The summed E-state index contributed by atoms with van der Waals surface area (Å²) in [7, 11) is 0. The second-order valence-electron chi connectivity index (χ2n) is 10.3. The molecule has 2 unspecified atom stereocenters. The first-order chi connectivity index (χ1) is 18.8. The van der Waals surface area contributed by atoms with Gasteiger partial charge in [-0.25, -0.2) is 0 Å². The van der Waals surface area contributed by atoms with Gasteiger partial charge >= 0.3 is 0 Å². The quantitative estimate of drug-likeness (QED) is 0.240. The number of hydrogen-bond acceptors (Lipinski definition) is 2. The summed E-state index contributed by atoms with van der Waals surface area (Å²) in [5.74, 6) is 0.259. The average molecular weight is 487 g/mol. The van der Waals surface area contributed by atoms with Crippen LogP contribution in [0.15, 0.2) is 102 Å². The Morgan fingerprint density at radius 2 is 1.55 bits per heavy atom. The van der Waals surface area contributed by atoms with Gasteiger partial charge in [-0.15, -0.1) is 0 Å².